The molecule has 3 N–H and O–H groups in total. The molecule has 2 aliphatic rings. The summed E-state index contributed by atoms with van der Waals surface area (Å²) < 4.78 is 0. The van der Waals surface area contributed by atoms with Gasteiger partial charge in [-0.15, -0.1) is 0 Å². The van der Waals surface area contributed by atoms with E-state index in [9.17, 15) is 4.79 Å². The van der Waals surface area contributed by atoms with Gasteiger partial charge >= 0.3 is 0 Å². The van der Waals surface area contributed by atoms with Crippen LogP contribution in [0.25, 0.3) is 0 Å². The van der Waals surface area contributed by atoms with Gasteiger partial charge in [-0.05, 0) is 49.4 Å². The molecule has 3 heteroatoms. The van der Waals surface area contributed by atoms with Crippen molar-refractivity contribution in [2.45, 2.75) is 78.2 Å². The van der Waals surface area contributed by atoms with Crippen LogP contribution in [0.4, 0.5) is 0 Å². The maximum atomic E-state index is 12.5. The summed E-state index contributed by atoms with van der Waals surface area (Å²) in [5, 5.41) is 3.27. The van der Waals surface area contributed by atoms with Gasteiger partial charge in [0.15, 0.2) is 0 Å². The van der Waals surface area contributed by atoms with Gasteiger partial charge in [0.05, 0.1) is 5.92 Å². The van der Waals surface area contributed by atoms with Gasteiger partial charge in [-0.2, -0.15) is 0 Å². The molecule has 0 aromatic rings. The van der Waals surface area contributed by atoms with Crippen LogP contribution in [0.2, 0.25) is 0 Å². The zero-order valence-electron chi connectivity index (χ0n) is 14.2. The van der Waals surface area contributed by atoms with Crippen molar-refractivity contribution in [3.05, 3.63) is 0 Å². The molecule has 2 aliphatic carbocycles. The van der Waals surface area contributed by atoms with Crippen LogP contribution in [0.1, 0.15) is 72.1 Å². The lowest BCUT2D eigenvalue weighted by molar-refractivity contribution is -0.127. The van der Waals surface area contributed by atoms with Crippen LogP contribution >= 0.6 is 0 Å². The van der Waals surface area contributed by atoms with E-state index in [0.717, 1.165) is 19.4 Å². The van der Waals surface area contributed by atoms with Crippen LogP contribution in [0.3, 0.4) is 0 Å². The fourth-order valence-electron chi connectivity index (χ4n) is 4.60. The average molecular weight is 294 g/mol. The molecule has 0 spiro atoms. The molecule has 0 aromatic carbocycles. The molecule has 0 aliphatic heterocycles. The highest BCUT2D eigenvalue weighted by atomic mass is 16.1. The van der Waals surface area contributed by atoms with Gasteiger partial charge < -0.3 is 11.1 Å². The van der Waals surface area contributed by atoms with E-state index in [2.05, 4.69) is 26.1 Å². The van der Waals surface area contributed by atoms with E-state index in [4.69, 9.17) is 5.73 Å². The third-order valence-corrected chi connectivity index (χ3v) is 5.78. The van der Waals surface area contributed by atoms with Crippen molar-refractivity contribution in [1.29, 1.82) is 0 Å². The lowest BCUT2D eigenvalue weighted by Crippen LogP contribution is -2.49. The van der Waals surface area contributed by atoms with Crippen molar-refractivity contribution in [2.24, 2.45) is 28.9 Å². The second-order valence-electron chi connectivity index (χ2n) is 8.11. The van der Waals surface area contributed by atoms with Gasteiger partial charge in [0.1, 0.15) is 0 Å². The Morgan fingerprint density at radius 1 is 1.24 bits per heavy atom. The molecule has 3 nitrogen and oxygen atoms in total. The van der Waals surface area contributed by atoms with Crippen LogP contribution in [0.15, 0.2) is 0 Å². The van der Waals surface area contributed by atoms with Crippen molar-refractivity contribution < 1.29 is 4.79 Å². The lowest BCUT2D eigenvalue weighted by Gasteiger charge is -2.35. The Balaban J connectivity index is 1.89. The zero-order chi connectivity index (χ0) is 15.5. The molecule has 0 bridgehead atoms. The Kier molecular flexibility index (Phi) is 5.70. The number of hydrogen-bond acceptors (Lipinski definition) is 2. The molecule has 122 valence electrons. The van der Waals surface area contributed by atoms with E-state index in [1.54, 1.807) is 0 Å². The first-order valence-electron chi connectivity index (χ1n) is 8.97. The molecule has 2 rings (SSSR count). The Morgan fingerprint density at radius 2 is 1.90 bits per heavy atom. The van der Waals surface area contributed by atoms with E-state index in [1.165, 1.54) is 38.5 Å². The first-order chi connectivity index (χ1) is 9.93. The number of nitrogens with two attached hydrogens (primary N) is 1. The number of rotatable bonds is 5. The molecule has 0 radical (unpaired) electrons. The normalized spacial score (nSPS) is 32.3. The first kappa shape index (κ1) is 16.8. The topological polar surface area (TPSA) is 55.1 Å². The number of carbonyl (C=O) groups is 1. The van der Waals surface area contributed by atoms with Crippen LogP contribution in [0, 0.1) is 23.2 Å². The highest BCUT2D eigenvalue weighted by Gasteiger charge is 2.37. The monoisotopic (exact) mass is 294 g/mol. The average Bonchev–Trinajstić information content (AvgIpc) is 2.87. The summed E-state index contributed by atoms with van der Waals surface area (Å²) in [5.41, 5.74) is 6.62. The molecule has 3 atom stereocenters. The quantitative estimate of drug-likeness (QED) is 0.815. The van der Waals surface area contributed by atoms with E-state index in [0.29, 0.717) is 17.3 Å². The molecule has 3 unspecified atom stereocenters. The summed E-state index contributed by atoms with van der Waals surface area (Å²) in [6.45, 7) is 7.63. The van der Waals surface area contributed by atoms with Crippen LogP contribution in [-0.4, -0.2) is 18.5 Å². The third-order valence-electron chi connectivity index (χ3n) is 5.78. The van der Waals surface area contributed by atoms with Crippen LogP contribution in [0.5, 0.6) is 0 Å². The lowest BCUT2D eigenvalue weighted by atomic mass is 9.76. The Labute approximate surface area is 130 Å². The molecule has 21 heavy (non-hydrogen) atoms. The highest BCUT2D eigenvalue weighted by molar-refractivity contribution is 5.79. The zero-order valence-corrected chi connectivity index (χ0v) is 14.2. The molecule has 0 aromatic heterocycles. The second-order valence-corrected chi connectivity index (χ2v) is 8.11. The SMILES string of the molecule is CC(C)CC1(CNC(=O)C2CCCC(C)C2N)CCCC1. The molecular formula is C18H34N2O. The van der Waals surface area contributed by atoms with Crippen LogP contribution < -0.4 is 11.1 Å². The fraction of sp³-hybridized carbons (Fsp3) is 0.944. The number of nitrogens with one attached hydrogen (secondary N) is 1. The van der Waals surface area contributed by atoms with Gasteiger partial charge in [0, 0.05) is 12.6 Å². The largest absolute Gasteiger partial charge is 0.355 e. The Bertz CT molecular complexity index is 347. The van der Waals surface area contributed by atoms with Gasteiger partial charge in [0.2, 0.25) is 5.91 Å². The standard InChI is InChI=1S/C18H34N2O/c1-13(2)11-18(9-4-5-10-18)12-20-17(21)15-8-6-7-14(3)16(15)19/h13-16H,4-12,19H2,1-3H3,(H,20,21). The second kappa shape index (κ2) is 7.13. The van der Waals surface area contributed by atoms with Crippen LogP contribution in [-0.2, 0) is 4.79 Å². The minimum atomic E-state index is 0.0336. The Hall–Kier alpha value is -0.570. The molecule has 0 saturated heterocycles. The number of amides is 1. The van der Waals surface area contributed by atoms with Crippen molar-refractivity contribution >= 4 is 5.91 Å². The summed E-state index contributed by atoms with van der Waals surface area (Å²) in [7, 11) is 0. The van der Waals surface area contributed by atoms with E-state index in [-0.39, 0.29) is 17.9 Å². The van der Waals surface area contributed by atoms with Crippen molar-refractivity contribution in [2.75, 3.05) is 6.54 Å². The maximum absolute atomic E-state index is 12.5. The predicted octanol–water partition coefficient (Wildman–Crippen LogP) is 3.47. The highest BCUT2D eigenvalue weighted by Crippen LogP contribution is 2.42. The van der Waals surface area contributed by atoms with Gasteiger partial charge in [-0.3, -0.25) is 4.79 Å². The summed E-state index contributed by atoms with van der Waals surface area (Å²) in [6, 6.07) is 0.0448. The maximum Gasteiger partial charge on any atom is 0.224 e. The number of hydrogen-bond donors (Lipinski definition) is 2. The third kappa shape index (κ3) is 4.21. The Morgan fingerprint density at radius 3 is 2.52 bits per heavy atom. The summed E-state index contributed by atoms with van der Waals surface area (Å²) in [6.07, 6.45) is 9.71. The summed E-state index contributed by atoms with van der Waals surface area (Å²) in [5.74, 6) is 1.43. The van der Waals surface area contributed by atoms with Crippen molar-refractivity contribution in [1.82, 2.24) is 5.32 Å². The predicted molar refractivity (Wildman–Crippen MR) is 87.8 cm³/mol. The van der Waals surface area contributed by atoms with Gasteiger partial charge in [-0.1, -0.05) is 40.0 Å². The van der Waals surface area contributed by atoms with Gasteiger partial charge in [-0.25, -0.2) is 0 Å². The molecule has 1 amide bonds. The van der Waals surface area contributed by atoms with Gasteiger partial charge in [0.25, 0.3) is 0 Å². The molecule has 2 saturated carbocycles. The van der Waals surface area contributed by atoms with E-state index < -0.39 is 0 Å². The summed E-state index contributed by atoms with van der Waals surface area (Å²) in [4.78, 5) is 12.5. The minimum absolute atomic E-state index is 0.0336. The molecule has 2 fully saturated rings. The molecule has 0 heterocycles. The smallest absolute Gasteiger partial charge is 0.224 e. The minimum Gasteiger partial charge on any atom is -0.355 e. The van der Waals surface area contributed by atoms with E-state index >= 15 is 0 Å². The summed E-state index contributed by atoms with van der Waals surface area (Å²) >= 11 is 0. The van der Waals surface area contributed by atoms with Crippen molar-refractivity contribution in [3.63, 3.8) is 0 Å². The molecular weight excluding hydrogens is 260 g/mol. The first-order valence-corrected chi connectivity index (χ1v) is 8.97. The van der Waals surface area contributed by atoms with E-state index in [1.807, 2.05) is 0 Å². The van der Waals surface area contributed by atoms with Crippen molar-refractivity contribution in [3.8, 4) is 0 Å². The fourth-order valence-corrected chi connectivity index (χ4v) is 4.60. The number of carbonyl (C=O) groups excluding carboxylic acids is 1.